The molecule has 2 aromatic rings. The lowest BCUT2D eigenvalue weighted by Crippen LogP contribution is -2.43. The summed E-state index contributed by atoms with van der Waals surface area (Å²) < 4.78 is 1.38. The molecular formula is C12H14N2S. The SMILES string of the molecule is c1cc2cc(N3CCNCC3)ccc2s1. The molecule has 0 bridgehead atoms. The van der Waals surface area contributed by atoms with E-state index < -0.39 is 0 Å². The summed E-state index contributed by atoms with van der Waals surface area (Å²) >= 11 is 1.81. The van der Waals surface area contributed by atoms with Crippen molar-refractivity contribution in [3.05, 3.63) is 29.6 Å². The molecule has 2 heterocycles. The van der Waals surface area contributed by atoms with Gasteiger partial charge in [0.25, 0.3) is 0 Å². The molecule has 2 nitrogen and oxygen atoms in total. The van der Waals surface area contributed by atoms with Gasteiger partial charge in [0.05, 0.1) is 0 Å². The Balaban J connectivity index is 1.95. The lowest BCUT2D eigenvalue weighted by Gasteiger charge is -2.29. The molecule has 0 aliphatic carbocycles. The van der Waals surface area contributed by atoms with Crippen LogP contribution in [0.25, 0.3) is 10.1 Å². The molecule has 0 amide bonds. The average molecular weight is 218 g/mol. The van der Waals surface area contributed by atoms with E-state index in [0.29, 0.717) is 0 Å². The van der Waals surface area contributed by atoms with Crippen LogP contribution >= 0.6 is 11.3 Å². The highest BCUT2D eigenvalue weighted by molar-refractivity contribution is 7.17. The van der Waals surface area contributed by atoms with Gasteiger partial charge in [0.1, 0.15) is 0 Å². The van der Waals surface area contributed by atoms with E-state index in [1.165, 1.54) is 15.8 Å². The normalized spacial score (nSPS) is 17.2. The Morgan fingerprint density at radius 2 is 2.00 bits per heavy atom. The van der Waals surface area contributed by atoms with Gasteiger partial charge in [0.15, 0.2) is 0 Å². The fourth-order valence-electron chi connectivity index (χ4n) is 2.07. The predicted octanol–water partition coefficient (Wildman–Crippen LogP) is 2.31. The van der Waals surface area contributed by atoms with E-state index in [4.69, 9.17) is 0 Å². The molecule has 1 aliphatic heterocycles. The van der Waals surface area contributed by atoms with Gasteiger partial charge in [0, 0.05) is 36.6 Å². The van der Waals surface area contributed by atoms with Crippen molar-refractivity contribution in [1.29, 1.82) is 0 Å². The summed E-state index contributed by atoms with van der Waals surface area (Å²) in [6.07, 6.45) is 0. The van der Waals surface area contributed by atoms with Crippen molar-refractivity contribution in [3.63, 3.8) is 0 Å². The van der Waals surface area contributed by atoms with Gasteiger partial charge < -0.3 is 10.2 Å². The first kappa shape index (κ1) is 9.19. The second-order valence-corrected chi connectivity index (χ2v) is 4.83. The van der Waals surface area contributed by atoms with Crippen LogP contribution in [-0.2, 0) is 0 Å². The van der Waals surface area contributed by atoms with Crippen LogP contribution in [0.15, 0.2) is 29.6 Å². The zero-order valence-corrected chi connectivity index (χ0v) is 9.39. The Hall–Kier alpha value is -1.06. The number of benzene rings is 1. The lowest BCUT2D eigenvalue weighted by molar-refractivity contribution is 0.589. The number of thiophene rings is 1. The minimum Gasteiger partial charge on any atom is -0.369 e. The first-order valence-electron chi connectivity index (χ1n) is 5.36. The molecule has 1 saturated heterocycles. The molecule has 15 heavy (non-hydrogen) atoms. The highest BCUT2D eigenvalue weighted by Crippen LogP contribution is 2.26. The summed E-state index contributed by atoms with van der Waals surface area (Å²) in [5.74, 6) is 0. The number of hydrogen-bond acceptors (Lipinski definition) is 3. The van der Waals surface area contributed by atoms with Crippen molar-refractivity contribution < 1.29 is 0 Å². The predicted molar refractivity (Wildman–Crippen MR) is 66.9 cm³/mol. The third-order valence-electron chi connectivity index (χ3n) is 2.92. The molecule has 0 radical (unpaired) electrons. The summed E-state index contributed by atoms with van der Waals surface area (Å²) in [6.45, 7) is 4.44. The monoisotopic (exact) mass is 218 g/mol. The van der Waals surface area contributed by atoms with Crippen molar-refractivity contribution in [2.24, 2.45) is 0 Å². The average Bonchev–Trinajstić information content (AvgIpc) is 2.77. The van der Waals surface area contributed by atoms with E-state index in [9.17, 15) is 0 Å². The third-order valence-corrected chi connectivity index (χ3v) is 3.82. The fourth-order valence-corrected chi connectivity index (χ4v) is 2.84. The van der Waals surface area contributed by atoms with Crippen LogP contribution in [0.1, 0.15) is 0 Å². The number of piperazine rings is 1. The molecule has 0 atom stereocenters. The van der Waals surface area contributed by atoms with Crippen LogP contribution in [-0.4, -0.2) is 26.2 Å². The van der Waals surface area contributed by atoms with E-state index in [1.807, 2.05) is 11.3 Å². The van der Waals surface area contributed by atoms with Gasteiger partial charge in [-0.1, -0.05) is 0 Å². The number of nitrogens with one attached hydrogen (secondary N) is 1. The van der Waals surface area contributed by atoms with Crippen LogP contribution in [0, 0.1) is 0 Å². The molecule has 3 rings (SSSR count). The van der Waals surface area contributed by atoms with Gasteiger partial charge >= 0.3 is 0 Å². The second-order valence-electron chi connectivity index (χ2n) is 3.88. The molecule has 1 aromatic heterocycles. The largest absolute Gasteiger partial charge is 0.369 e. The second kappa shape index (κ2) is 3.83. The zero-order valence-electron chi connectivity index (χ0n) is 8.57. The first-order chi connectivity index (χ1) is 7.43. The maximum absolute atomic E-state index is 3.38. The summed E-state index contributed by atoms with van der Waals surface area (Å²) in [6, 6.07) is 8.98. The Kier molecular flexibility index (Phi) is 2.35. The quantitative estimate of drug-likeness (QED) is 0.790. The van der Waals surface area contributed by atoms with E-state index in [-0.39, 0.29) is 0 Å². The van der Waals surface area contributed by atoms with Crippen LogP contribution < -0.4 is 10.2 Å². The van der Waals surface area contributed by atoms with E-state index in [2.05, 4.69) is 39.9 Å². The summed E-state index contributed by atoms with van der Waals surface area (Å²) in [4.78, 5) is 2.45. The maximum Gasteiger partial charge on any atom is 0.0374 e. The molecule has 1 fully saturated rings. The zero-order chi connectivity index (χ0) is 10.1. The van der Waals surface area contributed by atoms with Gasteiger partial charge in [-0.15, -0.1) is 11.3 Å². The number of hydrogen-bond donors (Lipinski definition) is 1. The van der Waals surface area contributed by atoms with Crippen LogP contribution in [0.2, 0.25) is 0 Å². The maximum atomic E-state index is 3.38. The molecule has 0 saturated carbocycles. The summed E-state index contributed by atoms with van der Waals surface area (Å²) in [5.41, 5.74) is 1.36. The topological polar surface area (TPSA) is 15.3 Å². The molecular weight excluding hydrogens is 204 g/mol. The van der Waals surface area contributed by atoms with Crippen molar-refractivity contribution in [1.82, 2.24) is 5.32 Å². The summed E-state index contributed by atoms with van der Waals surface area (Å²) in [5, 5.41) is 6.91. The van der Waals surface area contributed by atoms with E-state index in [1.54, 1.807) is 0 Å². The highest BCUT2D eigenvalue weighted by atomic mass is 32.1. The molecule has 78 valence electrons. The third kappa shape index (κ3) is 1.73. The van der Waals surface area contributed by atoms with E-state index in [0.717, 1.165) is 26.2 Å². The molecule has 1 N–H and O–H groups in total. The minimum absolute atomic E-state index is 1.10. The Labute approximate surface area is 93.5 Å². The Morgan fingerprint density at radius 3 is 2.87 bits per heavy atom. The van der Waals surface area contributed by atoms with Crippen molar-refractivity contribution >= 4 is 27.1 Å². The molecule has 1 aromatic carbocycles. The molecule has 0 unspecified atom stereocenters. The van der Waals surface area contributed by atoms with Crippen molar-refractivity contribution in [3.8, 4) is 0 Å². The highest BCUT2D eigenvalue weighted by Gasteiger charge is 2.10. The molecule has 3 heteroatoms. The van der Waals surface area contributed by atoms with Gasteiger partial charge in [-0.05, 0) is 35.0 Å². The van der Waals surface area contributed by atoms with Crippen LogP contribution in [0.4, 0.5) is 5.69 Å². The number of nitrogens with zero attached hydrogens (tertiary/aromatic N) is 1. The fraction of sp³-hybridized carbons (Fsp3) is 0.333. The lowest BCUT2D eigenvalue weighted by atomic mass is 10.2. The van der Waals surface area contributed by atoms with Crippen molar-refractivity contribution in [2.75, 3.05) is 31.1 Å². The van der Waals surface area contributed by atoms with Gasteiger partial charge in [-0.2, -0.15) is 0 Å². The number of anilines is 1. The van der Waals surface area contributed by atoms with E-state index >= 15 is 0 Å². The minimum atomic E-state index is 1.10. The Bertz CT molecular complexity index is 457. The van der Waals surface area contributed by atoms with Crippen LogP contribution in [0.5, 0.6) is 0 Å². The van der Waals surface area contributed by atoms with Gasteiger partial charge in [-0.3, -0.25) is 0 Å². The standard InChI is InChI=1S/C12H14N2S/c1-2-12-10(3-8-15-12)9-11(1)14-6-4-13-5-7-14/h1-3,8-9,13H,4-7H2. The molecule has 1 aliphatic rings. The Morgan fingerprint density at radius 1 is 1.13 bits per heavy atom. The van der Waals surface area contributed by atoms with Crippen LogP contribution in [0.3, 0.4) is 0 Å². The number of rotatable bonds is 1. The molecule has 0 spiro atoms. The van der Waals surface area contributed by atoms with Crippen molar-refractivity contribution in [2.45, 2.75) is 0 Å². The first-order valence-corrected chi connectivity index (χ1v) is 6.24. The smallest absolute Gasteiger partial charge is 0.0374 e. The number of fused-ring (bicyclic) bond motifs is 1. The van der Waals surface area contributed by atoms with Gasteiger partial charge in [-0.25, -0.2) is 0 Å². The van der Waals surface area contributed by atoms with Gasteiger partial charge in [0.2, 0.25) is 0 Å². The summed E-state index contributed by atoms with van der Waals surface area (Å²) in [7, 11) is 0.